The first-order chi connectivity index (χ1) is 10.4. The second-order valence-corrected chi connectivity index (χ2v) is 6.65. The molecule has 5 nitrogen and oxygen atoms in total. The van der Waals surface area contributed by atoms with Gasteiger partial charge in [0.05, 0.1) is 4.90 Å². The van der Waals surface area contributed by atoms with E-state index >= 15 is 0 Å². The topological polar surface area (TPSA) is 66.8 Å². The normalized spacial score (nSPS) is 11.2. The molecule has 0 heterocycles. The summed E-state index contributed by atoms with van der Waals surface area (Å²) in [6, 6.07) is 6.61. The minimum Gasteiger partial charge on any atom is -0.396 e. The third-order valence-corrected chi connectivity index (χ3v) is 4.17. The van der Waals surface area contributed by atoms with E-state index in [0.29, 0.717) is 13.2 Å². The van der Waals surface area contributed by atoms with Crippen molar-refractivity contribution in [3.8, 4) is 0 Å². The number of aliphatic hydroxyl groups is 1. The van der Waals surface area contributed by atoms with Crippen LogP contribution < -0.4 is 0 Å². The van der Waals surface area contributed by atoms with E-state index in [4.69, 9.17) is 9.39 Å². The Morgan fingerprint density at radius 2 is 1.64 bits per heavy atom. The summed E-state index contributed by atoms with van der Waals surface area (Å²) in [5, 5.41) is 9.43. The van der Waals surface area contributed by atoms with Crippen molar-refractivity contribution in [1.82, 2.24) is 5.06 Å². The van der Waals surface area contributed by atoms with Gasteiger partial charge >= 0.3 is 10.1 Å². The lowest BCUT2D eigenvalue weighted by atomic mass is 10.2. The summed E-state index contributed by atoms with van der Waals surface area (Å²) >= 11 is 0. The largest absolute Gasteiger partial charge is 0.396 e. The Balaban J connectivity index is 0.000000763. The zero-order valence-electron chi connectivity index (χ0n) is 14.1. The molecule has 0 aliphatic carbocycles. The smallest absolute Gasteiger partial charge is 0.313 e. The highest BCUT2D eigenvalue weighted by Gasteiger charge is 2.17. The van der Waals surface area contributed by atoms with Crippen molar-refractivity contribution >= 4 is 10.1 Å². The zero-order chi connectivity index (χ0) is 17.0. The molecule has 0 aliphatic rings. The van der Waals surface area contributed by atoms with Crippen molar-refractivity contribution < 1.29 is 17.8 Å². The number of aryl methyl sites for hydroxylation is 1. The summed E-state index contributed by atoms with van der Waals surface area (Å²) in [4.78, 5) is 0.187. The van der Waals surface area contributed by atoms with Gasteiger partial charge in [0.1, 0.15) is 0 Å². The maximum atomic E-state index is 11.9. The van der Waals surface area contributed by atoms with E-state index in [-0.39, 0.29) is 4.90 Å². The lowest BCUT2D eigenvalue weighted by Gasteiger charge is -2.15. The Labute approximate surface area is 135 Å². The Bertz CT molecular complexity index is 483. The Morgan fingerprint density at radius 1 is 1.09 bits per heavy atom. The van der Waals surface area contributed by atoms with E-state index in [1.165, 1.54) is 5.06 Å². The molecule has 0 saturated heterocycles. The monoisotopic (exact) mass is 331 g/mol. The fraction of sp³-hybridized carbons (Fsp3) is 0.625. The van der Waals surface area contributed by atoms with Crippen molar-refractivity contribution in [3.63, 3.8) is 0 Å². The molecule has 6 heteroatoms. The average molecular weight is 331 g/mol. The number of hydrogen-bond donors (Lipinski definition) is 1. The zero-order valence-corrected chi connectivity index (χ0v) is 14.9. The van der Waals surface area contributed by atoms with Gasteiger partial charge in [0.15, 0.2) is 0 Å². The summed E-state index contributed by atoms with van der Waals surface area (Å²) in [5.74, 6) is 0. The van der Waals surface area contributed by atoms with Gasteiger partial charge in [0.2, 0.25) is 0 Å². The van der Waals surface area contributed by atoms with Crippen LogP contribution in [0.25, 0.3) is 0 Å². The molecule has 1 rings (SSSR count). The van der Waals surface area contributed by atoms with Crippen LogP contribution in [0.2, 0.25) is 0 Å². The standard InChI is InChI=1S/C12H19NO3S.C4H10O/c1-4-5-10-13(3)16-17(14,15)12-8-6-11(2)7-9-12;1-2-3-4-5/h6-9H,4-5,10H2,1-3H3;5H,2-4H2,1H3. The van der Waals surface area contributed by atoms with Crippen molar-refractivity contribution in [2.45, 2.75) is 51.3 Å². The predicted molar refractivity (Wildman–Crippen MR) is 89.0 cm³/mol. The number of hydrogen-bond acceptors (Lipinski definition) is 5. The van der Waals surface area contributed by atoms with Crippen LogP contribution >= 0.6 is 0 Å². The first-order valence-corrected chi connectivity index (χ1v) is 9.11. The molecule has 0 radical (unpaired) electrons. The average Bonchev–Trinajstić information content (AvgIpc) is 2.46. The van der Waals surface area contributed by atoms with Crippen LogP contribution in [-0.4, -0.2) is 38.8 Å². The Kier molecular flexibility index (Phi) is 11.1. The summed E-state index contributed by atoms with van der Waals surface area (Å²) < 4.78 is 28.7. The van der Waals surface area contributed by atoms with Crippen LogP contribution in [0.1, 0.15) is 45.1 Å². The van der Waals surface area contributed by atoms with Crippen LogP contribution in [0, 0.1) is 6.92 Å². The minimum absolute atomic E-state index is 0.187. The second kappa shape index (κ2) is 11.6. The van der Waals surface area contributed by atoms with E-state index in [9.17, 15) is 8.42 Å². The van der Waals surface area contributed by atoms with Crippen LogP contribution in [-0.2, 0) is 14.4 Å². The van der Waals surface area contributed by atoms with E-state index in [1.807, 2.05) is 13.8 Å². The van der Waals surface area contributed by atoms with Crippen molar-refractivity contribution in [2.24, 2.45) is 0 Å². The van der Waals surface area contributed by atoms with E-state index < -0.39 is 10.1 Å². The number of unbranched alkanes of at least 4 members (excludes halogenated alkanes) is 2. The highest BCUT2D eigenvalue weighted by Crippen LogP contribution is 2.14. The number of aliphatic hydroxyl groups excluding tert-OH is 1. The van der Waals surface area contributed by atoms with Crippen LogP contribution in [0.15, 0.2) is 29.2 Å². The van der Waals surface area contributed by atoms with Gasteiger partial charge < -0.3 is 5.11 Å². The first-order valence-electron chi connectivity index (χ1n) is 7.70. The Hall–Kier alpha value is -0.950. The van der Waals surface area contributed by atoms with Gasteiger partial charge in [-0.2, -0.15) is 17.8 Å². The molecular formula is C16H29NO4S. The number of rotatable bonds is 8. The highest BCUT2D eigenvalue weighted by atomic mass is 32.2. The fourth-order valence-corrected chi connectivity index (χ4v) is 2.46. The fourth-order valence-electron chi connectivity index (χ4n) is 1.49. The molecule has 0 atom stereocenters. The molecule has 128 valence electrons. The van der Waals surface area contributed by atoms with Gasteiger partial charge in [-0.05, 0) is 31.9 Å². The minimum atomic E-state index is -3.68. The molecule has 0 aromatic heterocycles. The van der Waals surface area contributed by atoms with E-state index in [0.717, 1.165) is 31.2 Å². The maximum Gasteiger partial charge on any atom is 0.313 e. The molecule has 1 aromatic rings. The first kappa shape index (κ1) is 21.0. The number of benzene rings is 1. The van der Waals surface area contributed by atoms with Gasteiger partial charge in [-0.1, -0.05) is 44.4 Å². The molecule has 1 aromatic carbocycles. The van der Waals surface area contributed by atoms with Crippen molar-refractivity contribution in [2.75, 3.05) is 20.2 Å². The lowest BCUT2D eigenvalue weighted by molar-refractivity contribution is -0.0248. The molecule has 0 aliphatic heterocycles. The highest BCUT2D eigenvalue weighted by molar-refractivity contribution is 7.86. The van der Waals surface area contributed by atoms with Gasteiger partial charge in [-0.3, -0.25) is 0 Å². The quantitative estimate of drug-likeness (QED) is 0.741. The third kappa shape index (κ3) is 9.15. The number of hydroxylamine groups is 2. The molecule has 0 amide bonds. The molecule has 1 N–H and O–H groups in total. The van der Waals surface area contributed by atoms with Gasteiger partial charge in [-0.15, -0.1) is 0 Å². The molecular weight excluding hydrogens is 302 g/mol. The van der Waals surface area contributed by atoms with Crippen molar-refractivity contribution in [1.29, 1.82) is 0 Å². The van der Waals surface area contributed by atoms with Gasteiger partial charge in [0.25, 0.3) is 0 Å². The van der Waals surface area contributed by atoms with Gasteiger partial charge in [0, 0.05) is 20.2 Å². The molecule has 0 unspecified atom stereocenters. The SMILES string of the molecule is CCCCN(C)OS(=O)(=O)c1ccc(C)cc1.CCCCO. The third-order valence-electron chi connectivity index (χ3n) is 2.87. The molecule has 0 fully saturated rings. The predicted octanol–water partition coefficient (Wildman–Crippen LogP) is 3.13. The molecule has 0 bridgehead atoms. The molecule has 0 saturated carbocycles. The second-order valence-electron chi connectivity index (χ2n) is 5.12. The maximum absolute atomic E-state index is 11.9. The summed E-state index contributed by atoms with van der Waals surface area (Å²) in [5.41, 5.74) is 1.02. The van der Waals surface area contributed by atoms with E-state index in [1.54, 1.807) is 31.3 Å². The summed E-state index contributed by atoms with van der Waals surface area (Å²) in [6.07, 6.45) is 3.94. The van der Waals surface area contributed by atoms with Crippen LogP contribution in [0.3, 0.4) is 0 Å². The lowest BCUT2D eigenvalue weighted by Crippen LogP contribution is -2.24. The van der Waals surface area contributed by atoms with Crippen molar-refractivity contribution in [3.05, 3.63) is 29.8 Å². The Morgan fingerprint density at radius 3 is 2.05 bits per heavy atom. The van der Waals surface area contributed by atoms with Crippen LogP contribution in [0.4, 0.5) is 0 Å². The van der Waals surface area contributed by atoms with Crippen LogP contribution in [0.5, 0.6) is 0 Å². The number of nitrogens with zero attached hydrogens (tertiary/aromatic N) is 1. The summed E-state index contributed by atoms with van der Waals surface area (Å²) in [6.45, 7) is 6.95. The van der Waals surface area contributed by atoms with Gasteiger partial charge in [-0.25, -0.2) is 0 Å². The molecule has 0 spiro atoms. The molecule has 22 heavy (non-hydrogen) atoms. The summed E-state index contributed by atoms with van der Waals surface area (Å²) in [7, 11) is -2.05. The van der Waals surface area contributed by atoms with E-state index in [2.05, 4.69) is 6.92 Å².